The molecule has 2 rings (SSSR count). The molecular weight excluding hydrogens is 284 g/mol. The molecule has 0 spiro atoms. The summed E-state index contributed by atoms with van der Waals surface area (Å²) in [5.74, 6) is 0.561. The molecule has 0 aliphatic rings. The summed E-state index contributed by atoms with van der Waals surface area (Å²) < 4.78 is 5.57. The number of pyridine rings is 1. The third-order valence-electron chi connectivity index (χ3n) is 2.94. The minimum atomic E-state index is -0.195. The van der Waals surface area contributed by atoms with Crippen LogP contribution in [0.2, 0.25) is 0 Å². The van der Waals surface area contributed by atoms with E-state index in [4.69, 9.17) is 4.74 Å². The Morgan fingerprint density at radius 1 is 1.29 bits per heavy atom. The first-order valence-electron chi connectivity index (χ1n) is 6.73. The van der Waals surface area contributed by atoms with E-state index < -0.39 is 0 Å². The van der Waals surface area contributed by atoms with E-state index >= 15 is 0 Å². The highest BCUT2D eigenvalue weighted by molar-refractivity contribution is 7.98. The van der Waals surface area contributed by atoms with Crippen molar-refractivity contribution in [2.24, 2.45) is 0 Å². The fraction of sp³-hybridized carbons (Fsp3) is 0.250. The van der Waals surface area contributed by atoms with E-state index in [-0.39, 0.29) is 12.5 Å². The van der Waals surface area contributed by atoms with Gasteiger partial charge in [-0.2, -0.15) is 0 Å². The second-order valence-electron chi connectivity index (χ2n) is 4.39. The average Bonchev–Trinajstić information content (AvgIpc) is 2.54. The normalized spacial score (nSPS) is 10.2. The van der Waals surface area contributed by atoms with Crippen LogP contribution in [0.4, 0.5) is 5.69 Å². The number of nitrogens with one attached hydrogen (secondary N) is 1. The molecule has 5 heteroatoms. The number of carbonyl (C=O) groups is 1. The van der Waals surface area contributed by atoms with Crippen LogP contribution in [0, 0.1) is 0 Å². The monoisotopic (exact) mass is 302 g/mol. The molecule has 0 saturated heterocycles. The smallest absolute Gasteiger partial charge is 0.262 e. The molecule has 1 aromatic heterocycles. The van der Waals surface area contributed by atoms with E-state index in [2.05, 4.69) is 17.2 Å². The number of hydrogen-bond donors (Lipinski definition) is 1. The van der Waals surface area contributed by atoms with Gasteiger partial charge >= 0.3 is 0 Å². The molecule has 0 bridgehead atoms. The number of para-hydroxylation sites is 1. The lowest BCUT2D eigenvalue weighted by Crippen LogP contribution is -2.20. The van der Waals surface area contributed by atoms with Crippen LogP contribution >= 0.6 is 11.8 Å². The summed E-state index contributed by atoms with van der Waals surface area (Å²) >= 11 is 1.56. The van der Waals surface area contributed by atoms with Crippen molar-refractivity contribution in [3.63, 3.8) is 0 Å². The summed E-state index contributed by atoms with van der Waals surface area (Å²) in [7, 11) is 0. The third-order valence-corrected chi connectivity index (χ3v) is 3.60. The van der Waals surface area contributed by atoms with Crippen LogP contribution < -0.4 is 10.1 Å². The average molecular weight is 302 g/mol. The Balaban J connectivity index is 1.89. The topological polar surface area (TPSA) is 51.2 Å². The summed E-state index contributed by atoms with van der Waals surface area (Å²) in [6.07, 6.45) is 4.47. The van der Waals surface area contributed by atoms with Crippen molar-refractivity contribution >= 4 is 23.4 Å². The van der Waals surface area contributed by atoms with Crippen molar-refractivity contribution in [3.8, 4) is 5.75 Å². The number of anilines is 1. The maximum Gasteiger partial charge on any atom is 0.262 e. The highest BCUT2D eigenvalue weighted by Crippen LogP contribution is 2.18. The van der Waals surface area contributed by atoms with Crippen molar-refractivity contribution in [2.45, 2.75) is 18.4 Å². The predicted molar refractivity (Wildman–Crippen MR) is 86.0 cm³/mol. The maximum atomic E-state index is 11.9. The molecular formula is C16H18N2O2S. The number of hydrogen-bond acceptors (Lipinski definition) is 4. The number of aromatic nitrogens is 1. The largest absolute Gasteiger partial charge is 0.483 e. The number of nitrogens with zero attached hydrogens (tertiary/aromatic N) is 1. The van der Waals surface area contributed by atoms with E-state index in [1.807, 2.05) is 42.7 Å². The van der Waals surface area contributed by atoms with Crippen LogP contribution in [-0.4, -0.2) is 23.8 Å². The molecule has 0 fully saturated rings. The number of benzene rings is 1. The lowest BCUT2D eigenvalue weighted by molar-refractivity contribution is -0.118. The molecule has 0 saturated carbocycles. The third kappa shape index (κ3) is 4.49. The fourth-order valence-electron chi connectivity index (χ4n) is 1.85. The van der Waals surface area contributed by atoms with Gasteiger partial charge in [0, 0.05) is 0 Å². The van der Waals surface area contributed by atoms with E-state index in [1.165, 1.54) is 0 Å². The zero-order chi connectivity index (χ0) is 15.1. The van der Waals surface area contributed by atoms with Gasteiger partial charge in [-0.1, -0.05) is 25.1 Å². The highest BCUT2D eigenvalue weighted by atomic mass is 32.2. The van der Waals surface area contributed by atoms with Crippen LogP contribution in [-0.2, 0) is 11.2 Å². The number of carbonyl (C=O) groups excluding carboxylic acids is 1. The number of aryl methyl sites for hydroxylation is 1. The molecule has 0 radical (unpaired) electrons. The Labute approximate surface area is 128 Å². The first-order valence-corrected chi connectivity index (χ1v) is 7.96. The number of ether oxygens (including phenoxy) is 1. The van der Waals surface area contributed by atoms with Crippen LogP contribution in [0.15, 0.2) is 47.6 Å². The lowest BCUT2D eigenvalue weighted by atomic mass is 10.1. The Morgan fingerprint density at radius 3 is 2.76 bits per heavy atom. The van der Waals surface area contributed by atoms with Crippen molar-refractivity contribution in [1.82, 2.24) is 4.98 Å². The number of amides is 1. The van der Waals surface area contributed by atoms with Gasteiger partial charge in [0.15, 0.2) is 6.61 Å². The molecule has 0 aliphatic heterocycles. The number of thioether (sulfide) groups is 1. The zero-order valence-corrected chi connectivity index (χ0v) is 12.9. The predicted octanol–water partition coefficient (Wildman–Crippen LogP) is 3.38. The van der Waals surface area contributed by atoms with Crippen molar-refractivity contribution < 1.29 is 9.53 Å². The summed E-state index contributed by atoms with van der Waals surface area (Å²) in [6, 6.07) is 11.4. The van der Waals surface area contributed by atoms with E-state index in [0.717, 1.165) is 22.8 Å². The van der Waals surface area contributed by atoms with Gasteiger partial charge in [0.25, 0.3) is 5.91 Å². The van der Waals surface area contributed by atoms with Crippen molar-refractivity contribution in [3.05, 3.63) is 48.2 Å². The minimum absolute atomic E-state index is 0.0126. The highest BCUT2D eigenvalue weighted by Gasteiger charge is 2.06. The van der Waals surface area contributed by atoms with Gasteiger partial charge in [0.05, 0.1) is 16.9 Å². The molecule has 1 amide bonds. The summed E-state index contributed by atoms with van der Waals surface area (Å²) in [6.45, 7) is 2.04. The van der Waals surface area contributed by atoms with E-state index in [0.29, 0.717) is 5.69 Å². The van der Waals surface area contributed by atoms with Gasteiger partial charge in [-0.25, -0.2) is 4.98 Å². The first-order chi connectivity index (χ1) is 10.2. The van der Waals surface area contributed by atoms with Crippen molar-refractivity contribution in [1.29, 1.82) is 0 Å². The Morgan fingerprint density at radius 2 is 2.10 bits per heavy atom. The minimum Gasteiger partial charge on any atom is -0.483 e. The summed E-state index contributed by atoms with van der Waals surface area (Å²) in [5, 5.41) is 3.68. The quantitative estimate of drug-likeness (QED) is 0.831. The second kappa shape index (κ2) is 7.69. The molecule has 0 atom stereocenters. The molecule has 1 N–H and O–H groups in total. The zero-order valence-electron chi connectivity index (χ0n) is 12.1. The Kier molecular flexibility index (Phi) is 5.63. The van der Waals surface area contributed by atoms with Gasteiger partial charge in [0.1, 0.15) is 5.75 Å². The van der Waals surface area contributed by atoms with Crippen molar-refractivity contribution in [2.75, 3.05) is 18.2 Å². The first kappa shape index (κ1) is 15.4. The number of rotatable bonds is 6. The van der Waals surface area contributed by atoms with E-state index in [1.54, 1.807) is 18.0 Å². The molecule has 0 unspecified atom stereocenters. The van der Waals surface area contributed by atoms with Crippen LogP contribution in [0.1, 0.15) is 12.5 Å². The molecule has 2 aromatic rings. The van der Waals surface area contributed by atoms with Crippen LogP contribution in [0.3, 0.4) is 0 Å². The SMILES string of the molecule is CCc1ccccc1OCC(=O)Nc1ccc(SC)nc1. The van der Waals surface area contributed by atoms with Crippen LogP contribution in [0.5, 0.6) is 5.75 Å². The molecule has 1 heterocycles. The van der Waals surface area contributed by atoms with Gasteiger partial charge in [0.2, 0.25) is 0 Å². The lowest BCUT2D eigenvalue weighted by Gasteiger charge is -2.10. The molecule has 0 aliphatic carbocycles. The molecule has 110 valence electrons. The van der Waals surface area contributed by atoms with Gasteiger partial charge in [-0.05, 0) is 36.4 Å². The van der Waals surface area contributed by atoms with Gasteiger partial charge in [-0.15, -0.1) is 11.8 Å². The molecule has 1 aromatic carbocycles. The second-order valence-corrected chi connectivity index (χ2v) is 5.21. The van der Waals surface area contributed by atoms with Crippen LogP contribution in [0.25, 0.3) is 0 Å². The summed E-state index contributed by atoms with van der Waals surface area (Å²) in [5.41, 5.74) is 1.77. The standard InChI is InChI=1S/C16H18N2O2S/c1-3-12-6-4-5-7-14(12)20-11-15(19)18-13-8-9-16(21-2)17-10-13/h4-10H,3,11H2,1-2H3,(H,18,19). The maximum absolute atomic E-state index is 11.9. The molecule has 21 heavy (non-hydrogen) atoms. The van der Waals surface area contributed by atoms with E-state index in [9.17, 15) is 4.79 Å². The fourth-order valence-corrected chi connectivity index (χ4v) is 2.21. The molecule has 4 nitrogen and oxygen atoms in total. The van der Waals surface area contributed by atoms with Gasteiger partial charge < -0.3 is 10.1 Å². The Bertz CT molecular complexity index is 599. The summed E-state index contributed by atoms with van der Waals surface area (Å²) in [4.78, 5) is 16.1. The Hall–Kier alpha value is -2.01. The van der Waals surface area contributed by atoms with Gasteiger partial charge in [-0.3, -0.25) is 4.79 Å².